The van der Waals surface area contributed by atoms with E-state index in [0.29, 0.717) is 82.1 Å². The summed E-state index contributed by atoms with van der Waals surface area (Å²) in [5.41, 5.74) is 9.11. The number of hydrogen-bond acceptors (Lipinski definition) is 16. The molecule has 0 aromatic heterocycles. The first kappa shape index (κ1) is 83.5. The molecule has 0 spiro atoms. The molecule has 23 heteroatoms. The van der Waals surface area contributed by atoms with E-state index in [1.807, 2.05) is 122 Å². The quantitative estimate of drug-likeness (QED) is 0.0235. The molecule has 3 aromatic rings. The van der Waals surface area contributed by atoms with Gasteiger partial charge in [-0.25, -0.2) is 9.59 Å². The van der Waals surface area contributed by atoms with E-state index in [9.17, 15) is 52.7 Å². The third-order valence-electron chi connectivity index (χ3n) is 20.0. The average Bonchev–Trinajstić information content (AvgIpc) is 1.79. The van der Waals surface area contributed by atoms with Gasteiger partial charge in [-0.2, -0.15) is 0 Å². The van der Waals surface area contributed by atoms with Crippen LogP contribution in [0.15, 0.2) is 91.0 Å². The highest BCUT2D eigenvalue weighted by Gasteiger charge is 2.44. The lowest BCUT2D eigenvalue weighted by Gasteiger charge is -2.41. The van der Waals surface area contributed by atoms with Crippen molar-refractivity contribution in [3.63, 3.8) is 0 Å². The van der Waals surface area contributed by atoms with E-state index in [1.165, 1.54) is 31.3 Å². The van der Waals surface area contributed by atoms with E-state index in [-0.39, 0.29) is 122 Å². The van der Waals surface area contributed by atoms with Gasteiger partial charge in [0.1, 0.15) is 12.6 Å². The number of hydrogen-bond donors (Lipinski definition) is 4. The average molecular weight is 1400 g/mol. The van der Waals surface area contributed by atoms with Crippen molar-refractivity contribution in [2.24, 2.45) is 47.2 Å². The van der Waals surface area contributed by atoms with Crippen LogP contribution in [0, 0.1) is 41.4 Å². The predicted molar refractivity (Wildman–Crippen MR) is 385 cm³/mol. The van der Waals surface area contributed by atoms with Gasteiger partial charge in [-0.1, -0.05) is 160 Å². The van der Waals surface area contributed by atoms with Gasteiger partial charge in [0.05, 0.1) is 62.2 Å². The minimum absolute atomic E-state index is 0.0113. The van der Waals surface area contributed by atoms with Crippen molar-refractivity contribution < 1.29 is 71.7 Å². The van der Waals surface area contributed by atoms with Crippen molar-refractivity contribution in [1.82, 2.24) is 35.6 Å². The largest absolute Gasteiger partial charge is 0.467 e. The van der Waals surface area contributed by atoms with Gasteiger partial charge < -0.3 is 50.4 Å². The number of nitrogens with two attached hydrogens (primary N) is 1. The molecule has 2 aliphatic rings. The second-order valence-corrected chi connectivity index (χ2v) is 28.5. The SMILES string of the molecule is CC[C@H](C)[C@@H]([C@@H](CC(=O)N1CCC[C@H]1[C@H](OC)[C@@H](C)C(=O)N[C@@H](Cc1ccccc1)C(=O)OC)OC)N(C)C(=O)[C@@H](CC(=O)[C@H](C(C)C)N(C)Cc1cccc(CC(=O)OCc2ccc(CC(=O)[C@H](CCCNC(N)=O)NC(=O)[C@@H](CCCCCN3C(=O)C=CC3=O)C(C)C)cc2)c1)C(C)C. The van der Waals surface area contributed by atoms with Crippen LogP contribution >= 0.6 is 0 Å². The number of ether oxygens (including phenoxy) is 4. The first-order valence-electron chi connectivity index (χ1n) is 36.0. The number of imide groups is 1. The number of nitrogens with one attached hydrogen (secondary N) is 3. The highest BCUT2D eigenvalue weighted by molar-refractivity contribution is 6.12. The Bertz CT molecular complexity index is 3250. The highest BCUT2D eigenvalue weighted by Crippen LogP contribution is 2.32. The monoisotopic (exact) mass is 1400 g/mol. The van der Waals surface area contributed by atoms with Crippen LogP contribution in [0.2, 0.25) is 0 Å². The zero-order valence-corrected chi connectivity index (χ0v) is 62.2. The molecular formula is C78H114N8O15. The lowest BCUT2D eigenvalue weighted by Crippen LogP contribution is -2.55. The minimum atomic E-state index is -0.936. The van der Waals surface area contributed by atoms with Crippen LogP contribution in [0.1, 0.15) is 161 Å². The normalized spacial score (nSPS) is 16.8. The molecule has 11 atom stereocenters. The Kier molecular flexibility index (Phi) is 34.5. The van der Waals surface area contributed by atoms with Crippen molar-refractivity contribution in [2.75, 3.05) is 55.1 Å². The minimum Gasteiger partial charge on any atom is -0.467 e. The fraction of sp³-hybridized carbons (Fsp3) is 0.603. The summed E-state index contributed by atoms with van der Waals surface area (Å²) in [7, 11) is 7.95. The number of methoxy groups -OCH3 is 3. The van der Waals surface area contributed by atoms with Crippen LogP contribution < -0.4 is 21.7 Å². The number of esters is 2. The number of urea groups is 1. The lowest BCUT2D eigenvalue weighted by atomic mass is 9.83. The van der Waals surface area contributed by atoms with E-state index in [0.717, 1.165) is 16.7 Å². The molecule has 0 unspecified atom stereocenters. The molecular weight excluding hydrogens is 1290 g/mol. The standard InChI is InChI=1S/C78H114N8O15/c1-15-52(8)72(66(98-12)46-69(91)85-40-24-31-63(85)73(99-13)53(9)74(93)82-62(77(96)100-14)42-54-25-18-16-19-26-54)84(11)76(95)60(50(4)5)45-65(88)71(51(6)7)83(10)47-58-28-22-27-57(41-58)44-70(92)101-48-56-34-32-55(33-35-56)43-64(87)61(30-23-38-80-78(79)97)81-75(94)59(49(2)3)29-20-17-21-39-86-67(89)36-37-68(86)90/h16,18-19,22,25-28,32-37,41,49-53,59-63,66,71-73H,15,17,20-21,23-24,29-31,38-40,42-48H2,1-14H3,(H,81,94)(H,82,93)(H3,79,80,97)/t52-,53+,59-,60-,61-,62-,63-,66+,71-,72-,73+/m0/s1. The molecule has 101 heavy (non-hydrogen) atoms. The summed E-state index contributed by atoms with van der Waals surface area (Å²) in [6.45, 7) is 18.8. The first-order chi connectivity index (χ1) is 48.0. The van der Waals surface area contributed by atoms with Crippen LogP contribution in [0.25, 0.3) is 0 Å². The second kappa shape index (κ2) is 41.7. The van der Waals surface area contributed by atoms with Crippen LogP contribution in [0.3, 0.4) is 0 Å². The van der Waals surface area contributed by atoms with E-state index in [4.69, 9.17) is 24.7 Å². The Morgan fingerprint density at radius 3 is 1.89 bits per heavy atom. The lowest BCUT2D eigenvalue weighted by molar-refractivity contribution is -0.150. The third-order valence-corrected chi connectivity index (χ3v) is 20.0. The number of ketones is 2. The molecule has 0 bridgehead atoms. The number of carbonyl (C=O) groups excluding carboxylic acids is 11. The third kappa shape index (κ3) is 25.4. The van der Waals surface area contributed by atoms with Gasteiger partial charge in [0.15, 0.2) is 11.6 Å². The fourth-order valence-electron chi connectivity index (χ4n) is 14.2. The molecule has 1 fully saturated rings. The molecule has 0 aliphatic carbocycles. The summed E-state index contributed by atoms with van der Waals surface area (Å²) >= 11 is 0. The van der Waals surface area contributed by atoms with E-state index in [1.54, 1.807) is 55.1 Å². The molecule has 2 heterocycles. The number of nitrogens with zero attached hydrogens (tertiary/aromatic N) is 4. The van der Waals surface area contributed by atoms with Crippen molar-refractivity contribution in [3.05, 3.63) is 119 Å². The molecule has 3 aromatic carbocycles. The molecule has 556 valence electrons. The van der Waals surface area contributed by atoms with Crippen LogP contribution in [0.5, 0.6) is 0 Å². The predicted octanol–water partition coefficient (Wildman–Crippen LogP) is 8.28. The number of Topliss-reactive ketones (excluding diaryl/α,β-unsaturated/α-hetero) is 2. The Labute approximate surface area is 598 Å². The summed E-state index contributed by atoms with van der Waals surface area (Å²) in [5, 5.41) is 8.41. The molecule has 0 saturated carbocycles. The molecule has 2 aliphatic heterocycles. The first-order valence-corrected chi connectivity index (χ1v) is 36.0. The molecule has 8 amide bonds. The Morgan fingerprint density at radius 2 is 1.29 bits per heavy atom. The number of likely N-dealkylation sites (tertiary alicyclic amines) is 1. The van der Waals surface area contributed by atoms with E-state index >= 15 is 0 Å². The topological polar surface area (TPSA) is 300 Å². The maximum Gasteiger partial charge on any atom is 0.328 e. The van der Waals surface area contributed by atoms with E-state index < -0.39 is 78.1 Å². The molecule has 1 saturated heterocycles. The maximum absolute atomic E-state index is 15.0. The van der Waals surface area contributed by atoms with Gasteiger partial charge in [-0.15, -0.1) is 0 Å². The van der Waals surface area contributed by atoms with Crippen molar-refractivity contribution in [1.29, 1.82) is 0 Å². The number of amides is 8. The maximum atomic E-state index is 15.0. The van der Waals surface area contributed by atoms with Crippen molar-refractivity contribution >= 4 is 65.0 Å². The Hall–Kier alpha value is -8.15. The molecule has 23 nitrogen and oxygen atoms in total. The fourth-order valence-corrected chi connectivity index (χ4v) is 14.2. The summed E-state index contributed by atoms with van der Waals surface area (Å²) in [6, 6.07) is 20.0. The summed E-state index contributed by atoms with van der Waals surface area (Å²) in [6.07, 6.45) is 6.42. The number of benzene rings is 3. The second-order valence-electron chi connectivity index (χ2n) is 28.5. The van der Waals surface area contributed by atoms with Gasteiger partial charge in [0.2, 0.25) is 23.6 Å². The number of primary amides is 1. The summed E-state index contributed by atoms with van der Waals surface area (Å²) in [4.78, 5) is 154. The van der Waals surface area contributed by atoms with Gasteiger partial charge in [-0.05, 0) is 97.1 Å². The smallest absolute Gasteiger partial charge is 0.328 e. The zero-order chi connectivity index (χ0) is 74.6. The van der Waals surface area contributed by atoms with Crippen LogP contribution in [0.4, 0.5) is 4.79 Å². The van der Waals surface area contributed by atoms with Gasteiger partial charge in [0, 0.05) is 90.7 Å². The number of rotatable bonds is 44. The van der Waals surface area contributed by atoms with Gasteiger partial charge in [-0.3, -0.25) is 53.0 Å². The van der Waals surface area contributed by atoms with E-state index in [2.05, 4.69) is 16.0 Å². The Balaban J connectivity index is 1.16. The zero-order valence-electron chi connectivity index (χ0n) is 62.2. The van der Waals surface area contributed by atoms with Gasteiger partial charge in [0.25, 0.3) is 11.8 Å². The highest BCUT2D eigenvalue weighted by atomic mass is 16.5. The van der Waals surface area contributed by atoms with Crippen molar-refractivity contribution in [2.45, 2.75) is 208 Å². The molecule has 5 N–H and O–H groups in total. The number of unbranched alkanes of at least 4 members (excludes halogenated alkanes) is 2. The summed E-state index contributed by atoms with van der Waals surface area (Å²) < 4.78 is 22.9. The molecule has 5 rings (SSSR count). The van der Waals surface area contributed by atoms with Crippen molar-refractivity contribution in [3.8, 4) is 0 Å². The number of likely N-dealkylation sites (N-methyl/N-ethyl adjacent to an activating group) is 2. The van der Waals surface area contributed by atoms with Gasteiger partial charge >= 0.3 is 18.0 Å². The Morgan fingerprint density at radius 1 is 0.653 bits per heavy atom. The van der Waals surface area contributed by atoms with Crippen LogP contribution in [-0.2, 0) is 99.3 Å². The summed E-state index contributed by atoms with van der Waals surface area (Å²) in [5.74, 6) is -5.38. The number of carbonyl (C=O) groups is 11. The molecule has 0 radical (unpaired) electrons. The van der Waals surface area contributed by atoms with Crippen LogP contribution in [-0.4, -0.2) is 182 Å².